The second kappa shape index (κ2) is 6.31. The van der Waals surface area contributed by atoms with Gasteiger partial charge in [0.2, 0.25) is 0 Å². The fourth-order valence-corrected chi connectivity index (χ4v) is 1.29. The third kappa shape index (κ3) is 8.17. The number of hydrogen-bond acceptors (Lipinski definition) is 4. The van der Waals surface area contributed by atoms with E-state index in [0.29, 0.717) is 6.42 Å². The van der Waals surface area contributed by atoms with Crippen LogP contribution in [0.1, 0.15) is 19.8 Å². The van der Waals surface area contributed by atoms with E-state index in [0.717, 1.165) is 0 Å². The van der Waals surface area contributed by atoms with Crippen molar-refractivity contribution in [3.05, 3.63) is 0 Å². The molecule has 0 aliphatic carbocycles. The molecule has 0 aromatic heterocycles. The van der Waals surface area contributed by atoms with E-state index in [9.17, 15) is 8.42 Å². The second-order valence-electron chi connectivity index (χ2n) is 2.58. The highest BCUT2D eigenvalue weighted by molar-refractivity contribution is 7.85. The number of hydrogen-bond donors (Lipinski definition) is 1. The normalized spacial score (nSPS) is 14.4. The Morgan fingerprint density at radius 2 is 2.08 bits per heavy atom. The molecule has 1 N–H and O–H groups in total. The summed E-state index contributed by atoms with van der Waals surface area (Å²) < 4.78 is 39.0. The zero-order valence-electron chi connectivity index (χ0n) is 7.89. The van der Waals surface area contributed by atoms with Crippen molar-refractivity contribution >= 4 is 10.1 Å². The zero-order valence-corrected chi connectivity index (χ0v) is 8.71. The second-order valence-corrected chi connectivity index (χ2v) is 4.16. The summed E-state index contributed by atoms with van der Waals surface area (Å²) in [7, 11) is -2.33. The van der Waals surface area contributed by atoms with Crippen LogP contribution < -0.4 is 0 Å². The van der Waals surface area contributed by atoms with Crippen molar-refractivity contribution in [2.45, 2.75) is 26.1 Å². The van der Waals surface area contributed by atoms with Gasteiger partial charge in [0.05, 0.1) is 12.4 Å². The fraction of sp³-hybridized carbons (Fsp3) is 1.00. The van der Waals surface area contributed by atoms with Crippen LogP contribution in [0.3, 0.4) is 0 Å². The maximum absolute atomic E-state index is 10.3. The monoisotopic (exact) mass is 212 g/mol. The van der Waals surface area contributed by atoms with Gasteiger partial charge in [-0.2, -0.15) is 8.42 Å². The van der Waals surface area contributed by atoms with E-state index in [1.54, 1.807) is 0 Å². The van der Waals surface area contributed by atoms with Crippen LogP contribution in [0.4, 0.5) is 0 Å². The van der Waals surface area contributed by atoms with Crippen LogP contribution in [0, 0.1) is 0 Å². The Hall–Kier alpha value is -0.170. The molecule has 0 saturated carbocycles. The standard InChI is InChI=1S/C7H16O5S/c1-3-7(11-2)12-5-4-6-13(8,9)10/h7H,3-6H2,1-2H3,(H,8,9,10). The minimum absolute atomic E-state index is 0.270. The number of methoxy groups -OCH3 is 1. The van der Waals surface area contributed by atoms with Crippen LogP contribution in [0.2, 0.25) is 0 Å². The van der Waals surface area contributed by atoms with Gasteiger partial charge >= 0.3 is 0 Å². The van der Waals surface area contributed by atoms with Gasteiger partial charge in [-0.1, -0.05) is 6.92 Å². The van der Waals surface area contributed by atoms with Crippen molar-refractivity contribution in [1.82, 2.24) is 0 Å². The van der Waals surface area contributed by atoms with Crippen molar-refractivity contribution in [2.75, 3.05) is 19.5 Å². The highest BCUT2D eigenvalue weighted by Crippen LogP contribution is 1.99. The van der Waals surface area contributed by atoms with Gasteiger partial charge in [-0.25, -0.2) is 0 Å². The lowest BCUT2D eigenvalue weighted by Crippen LogP contribution is -2.16. The molecule has 0 heterocycles. The molecule has 0 fully saturated rings. The summed E-state index contributed by atoms with van der Waals surface area (Å²) in [6.45, 7) is 2.17. The molecule has 1 atom stereocenters. The predicted octanol–water partition coefficient (Wildman–Crippen LogP) is 0.663. The van der Waals surface area contributed by atoms with Crippen molar-refractivity contribution in [3.63, 3.8) is 0 Å². The molecule has 0 saturated heterocycles. The summed E-state index contributed by atoms with van der Waals surface area (Å²) in [4.78, 5) is 0. The third-order valence-corrected chi connectivity index (χ3v) is 2.25. The maximum Gasteiger partial charge on any atom is 0.264 e. The summed E-state index contributed by atoms with van der Waals surface area (Å²) in [6, 6.07) is 0. The lowest BCUT2D eigenvalue weighted by Gasteiger charge is -2.13. The molecule has 0 spiro atoms. The van der Waals surface area contributed by atoms with Crippen LogP contribution in [-0.2, 0) is 19.6 Å². The smallest absolute Gasteiger partial charge is 0.264 e. The molecule has 0 amide bonds. The largest absolute Gasteiger partial charge is 0.356 e. The van der Waals surface area contributed by atoms with Gasteiger partial charge in [0, 0.05) is 7.11 Å². The molecular weight excluding hydrogens is 196 g/mol. The lowest BCUT2D eigenvalue weighted by atomic mass is 10.4. The molecule has 0 aliphatic heterocycles. The van der Waals surface area contributed by atoms with Crippen LogP contribution in [0.25, 0.3) is 0 Å². The van der Waals surface area contributed by atoms with Crippen molar-refractivity contribution in [1.29, 1.82) is 0 Å². The fourth-order valence-electron chi connectivity index (χ4n) is 0.809. The Balaban J connectivity index is 3.45. The van der Waals surface area contributed by atoms with Gasteiger partial charge in [-0.05, 0) is 12.8 Å². The average Bonchev–Trinajstić information content (AvgIpc) is 2.03. The highest BCUT2D eigenvalue weighted by atomic mass is 32.2. The molecule has 0 aromatic rings. The molecule has 0 aliphatic rings. The van der Waals surface area contributed by atoms with Gasteiger partial charge in [-0.15, -0.1) is 0 Å². The van der Waals surface area contributed by atoms with Gasteiger partial charge in [0.15, 0.2) is 6.29 Å². The maximum atomic E-state index is 10.3. The first-order valence-electron chi connectivity index (χ1n) is 4.09. The summed E-state index contributed by atoms with van der Waals surface area (Å²) in [5.74, 6) is -0.271. The zero-order chi connectivity index (χ0) is 10.3. The van der Waals surface area contributed by atoms with Gasteiger partial charge in [-0.3, -0.25) is 4.55 Å². The summed E-state index contributed by atoms with van der Waals surface area (Å²) >= 11 is 0. The first-order chi connectivity index (χ1) is 5.99. The molecule has 0 rings (SSSR count). The van der Waals surface area contributed by atoms with Crippen LogP contribution in [0.15, 0.2) is 0 Å². The van der Waals surface area contributed by atoms with Gasteiger partial charge < -0.3 is 9.47 Å². The van der Waals surface area contributed by atoms with E-state index >= 15 is 0 Å². The Kier molecular flexibility index (Phi) is 6.23. The molecule has 0 radical (unpaired) electrons. The summed E-state index contributed by atoms with van der Waals surface area (Å²) in [6.07, 6.45) is 0.697. The van der Waals surface area contributed by atoms with Gasteiger partial charge in [0.1, 0.15) is 0 Å². The molecule has 5 nitrogen and oxygen atoms in total. The Bertz CT molecular complexity index is 207. The summed E-state index contributed by atoms with van der Waals surface area (Å²) in [5, 5.41) is 0. The first-order valence-corrected chi connectivity index (χ1v) is 5.70. The van der Waals surface area contributed by atoms with Crippen LogP contribution >= 0.6 is 0 Å². The van der Waals surface area contributed by atoms with E-state index in [4.69, 9.17) is 14.0 Å². The van der Waals surface area contributed by atoms with Gasteiger partial charge in [0.25, 0.3) is 10.1 Å². The van der Waals surface area contributed by atoms with E-state index < -0.39 is 10.1 Å². The Morgan fingerprint density at radius 1 is 1.46 bits per heavy atom. The van der Waals surface area contributed by atoms with Crippen molar-refractivity contribution < 1.29 is 22.4 Å². The predicted molar refractivity (Wildman–Crippen MR) is 48.1 cm³/mol. The molecule has 6 heteroatoms. The third-order valence-electron chi connectivity index (χ3n) is 1.45. The number of rotatable bonds is 7. The highest BCUT2D eigenvalue weighted by Gasteiger charge is 2.06. The summed E-state index contributed by atoms with van der Waals surface area (Å²) in [5.41, 5.74) is 0. The molecule has 1 unspecified atom stereocenters. The molecule has 13 heavy (non-hydrogen) atoms. The minimum Gasteiger partial charge on any atom is -0.356 e. The average molecular weight is 212 g/mol. The van der Waals surface area contributed by atoms with Crippen LogP contribution in [0.5, 0.6) is 0 Å². The van der Waals surface area contributed by atoms with E-state index in [1.807, 2.05) is 6.92 Å². The van der Waals surface area contributed by atoms with Crippen molar-refractivity contribution in [2.24, 2.45) is 0 Å². The lowest BCUT2D eigenvalue weighted by molar-refractivity contribution is -0.124. The van der Waals surface area contributed by atoms with Crippen LogP contribution in [-0.4, -0.2) is 38.7 Å². The Labute approximate surface area is 78.8 Å². The van der Waals surface area contributed by atoms with E-state index in [2.05, 4.69) is 0 Å². The minimum atomic E-state index is -3.86. The molecular formula is C7H16O5S. The first kappa shape index (κ1) is 12.8. The molecule has 0 aromatic carbocycles. The Morgan fingerprint density at radius 3 is 2.46 bits per heavy atom. The van der Waals surface area contributed by atoms with E-state index in [1.165, 1.54) is 7.11 Å². The molecule has 80 valence electrons. The molecule has 0 bridgehead atoms. The SMILES string of the molecule is CCC(OC)OCCCS(=O)(=O)O. The quantitative estimate of drug-likeness (QED) is 0.381. The topological polar surface area (TPSA) is 72.8 Å². The van der Waals surface area contributed by atoms with E-state index in [-0.39, 0.29) is 25.1 Å². The van der Waals surface area contributed by atoms with Crippen molar-refractivity contribution in [3.8, 4) is 0 Å². The number of ether oxygens (including phenoxy) is 2.